The first-order valence-corrected chi connectivity index (χ1v) is 7.40. The summed E-state index contributed by atoms with van der Waals surface area (Å²) in [6.07, 6.45) is -2.23. The van der Waals surface area contributed by atoms with Crippen molar-refractivity contribution in [2.75, 3.05) is 13.6 Å². The Morgan fingerprint density at radius 2 is 2.00 bits per heavy atom. The van der Waals surface area contributed by atoms with Crippen molar-refractivity contribution in [3.8, 4) is 0 Å². The molecule has 1 rings (SSSR count). The molecule has 0 aliphatic heterocycles. The number of carbonyl (C=O) groups excluding carboxylic acids is 1. The van der Waals surface area contributed by atoms with E-state index < -0.39 is 28.9 Å². The Labute approximate surface area is 116 Å². The molecule has 20 heavy (non-hydrogen) atoms. The highest BCUT2D eigenvalue weighted by molar-refractivity contribution is 7.89. The van der Waals surface area contributed by atoms with E-state index in [1.165, 1.54) is 19.2 Å². The van der Waals surface area contributed by atoms with Crippen molar-refractivity contribution in [2.24, 2.45) is 5.14 Å². The number of hydrogen-bond acceptors (Lipinski definition) is 3. The molecule has 0 aliphatic carbocycles. The van der Waals surface area contributed by atoms with Crippen LogP contribution in [0.25, 0.3) is 0 Å². The van der Waals surface area contributed by atoms with Crippen molar-refractivity contribution >= 4 is 15.9 Å². The third kappa shape index (κ3) is 3.97. The van der Waals surface area contributed by atoms with Crippen LogP contribution in [0.1, 0.15) is 22.8 Å². The molecule has 5 nitrogen and oxygen atoms in total. The van der Waals surface area contributed by atoms with Gasteiger partial charge >= 0.3 is 0 Å². The fourth-order valence-corrected chi connectivity index (χ4v) is 2.62. The molecule has 0 atom stereocenters. The van der Waals surface area contributed by atoms with Gasteiger partial charge in [0.05, 0.1) is 11.4 Å². The fourth-order valence-electron chi connectivity index (χ4n) is 1.75. The van der Waals surface area contributed by atoms with Gasteiger partial charge in [0, 0.05) is 12.6 Å². The Morgan fingerprint density at radius 1 is 1.40 bits per heavy atom. The Hall–Kier alpha value is -1.54. The highest BCUT2D eigenvalue weighted by Crippen LogP contribution is 2.18. The van der Waals surface area contributed by atoms with Crippen LogP contribution in [0.4, 0.5) is 8.78 Å². The molecule has 0 aliphatic rings. The predicted octanol–water partition coefficient (Wildman–Crippen LogP) is 1.23. The SMILES string of the molecule is CCc1ccc(C(=O)N(C)CC(F)F)cc1S(N)(=O)=O. The van der Waals surface area contributed by atoms with Crippen LogP contribution in [0.15, 0.2) is 23.1 Å². The minimum Gasteiger partial charge on any atom is -0.336 e. The van der Waals surface area contributed by atoms with Crippen molar-refractivity contribution in [1.29, 1.82) is 0 Å². The lowest BCUT2D eigenvalue weighted by Gasteiger charge is -2.17. The summed E-state index contributed by atoms with van der Waals surface area (Å²) in [5.41, 5.74) is 0.481. The zero-order valence-corrected chi connectivity index (χ0v) is 12.0. The Morgan fingerprint density at radius 3 is 2.45 bits per heavy atom. The van der Waals surface area contributed by atoms with E-state index in [-0.39, 0.29) is 10.5 Å². The number of primary sulfonamides is 1. The zero-order valence-electron chi connectivity index (χ0n) is 11.1. The molecular formula is C12H16F2N2O3S. The van der Waals surface area contributed by atoms with Crippen LogP contribution in [-0.2, 0) is 16.4 Å². The Kier molecular flexibility index (Phi) is 5.18. The monoisotopic (exact) mass is 306 g/mol. The van der Waals surface area contributed by atoms with Gasteiger partial charge in [-0.25, -0.2) is 22.3 Å². The smallest absolute Gasteiger partial charge is 0.255 e. The van der Waals surface area contributed by atoms with Gasteiger partial charge in [-0.3, -0.25) is 4.79 Å². The standard InChI is InChI=1S/C12H16F2N2O3S/c1-3-8-4-5-9(6-10(8)20(15,18)19)12(17)16(2)7-11(13)14/h4-6,11H,3,7H2,1-2H3,(H2,15,18,19). The Bertz CT molecular complexity index is 603. The number of benzene rings is 1. The number of alkyl halides is 2. The number of aryl methyl sites for hydroxylation is 1. The van der Waals surface area contributed by atoms with Gasteiger partial charge in [0.1, 0.15) is 0 Å². The maximum atomic E-state index is 12.2. The summed E-state index contributed by atoms with van der Waals surface area (Å²) in [5, 5.41) is 5.09. The maximum absolute atomic E-state index is 12.2. The summed E-state index contributed by atoms with van der Waals surface area (Å²) in [6, 6.07) is 3.99. The molecule has 0 spiro atoms. The van der Waals surface area contributed by atoms with E-state index in [4.69, 9.17) is 5.14 Å². The lowest BCUT2D eigenvalue weighted by Crippen LogP contribution is -2.31. The summed E-state index contributed by atoms with van der Waals surface area (Å²) in [4.78, 5) is 12.6. The topological polar surface area (TPSA) is 80.5 Å². The highest BCUT2D eigenvalue weighted by atomic mass is 32.2. The summed E-state index contributed by atoms with van der Waals surface area (Å²) in [7, 11) is -2.75. The number of nitrogens with zero attached hydrogens (tertiary/aromatic N) is 1. The molecule has 8 heteroatoms. The molecule has 112 valence electrons. The molecule has 0 saturated heterocycles. The normalized spacial score (nSPS) is 11.7. The van der Waals surface area contributed by atoms with Gasteiger partial charge in [-0.1, -0.05) is 13.0 Å². The second kappa shape index (κ2) is 6.27. The minimum atomic E-state index is -3.97. The number of amides is 1. The van der Waals surface area contributed by atoms with Crippen molar-refractivity contribution in [3.05, 3.63) is 29.3 Å². The summed E-state index contributed by atoms with van der Waals surface area (Å²) < 4.78 is 47.4. The number of hydrogen-bond donors (Lipinski definition) is 1. The molecule has 1 amide bonds. The first-order chi connectivity index (χ1) is 9.16. The molecule has 1 aromatic carbocycles. The summed E-state index contributed by atoms with van der Waals surface area (Å²) in [5.74, 6) is -0.683. The van der Waals surface area contributed by atoms with Crippen LogP contribution in [0.2, 0.25) is 0 Å². The van der Waals surface area contributed by atoms with Gasteiger partial charge in [-0.15, -0.1) is 0 Å². The Balaban J connectivity index is 3.19. The summed E-state index contributed by atoms with van der Waals surface area (Å²) in [6.45, 7) is 1.02. The van der Waals surface area contributed by atoms with E-state index in [1.807, 2.05) is 0 Å². The van der Waals surface area contributed by atoms with E-state index in [9.17, 15) is 22.0 Å². The molecule has 0 bridgehead atoms. The van der Waals surface area contributed by atoms with E-state index in [0.717, 1.165) is 11.0 Å². The third-order valence-electron chi connectivity index (χ3n) is 2.76. The number of rotatable bonds is 5. The van der Waals surface area contributed by atoms with Gasteiger partial charge < -0.3 is 4.90 Å². The van der Waals surface area contributed by atoms with Gasteiger partial charge in [0.2, 0.25) is 10.0 Å². The van der Waals surface area contributed by atoms with E-state index in [1.54, 1.807) is 6.92 Å². The highest BCUT2D eigenvalue weighted by Gasteiger charge is 2.20. The zero-order chi connectivity index (χ0) is 15.5. The quantitative estimate of drug-likeness (QED) is 0.888. The fraction of sp³-hybridized carbons (Fsp3) is 0.417. The summed E-state index contributed by atoms with van der Waals surface area (Å²) >= 11 is 0. The lowest BCUT2D eigenvalue weighted by atomic mass is 10.1. The van der Waals surface area contributed by atoms with Crippen LogP contribution < -0.4 is 5.14 Å². The minimum absolute atomic E-state index is 0.00868. The molecule has 0 unspecified atom stereocenters. The van der Waals surface area contributed by atoms with Crippen LogP contribution in [-0.4, -0.2) is 39.2 Å². The molecule has 2 N–H and O–H groups in total. The molecule has 0 radical (unpaired) electrons. The number of sulfonamides is 1. The predicted molar refractivity (Wildman–Crippen MR) is 70.2 cm³/mol. The van der Waals surface area contributed by atoms with Crippen LogP contribution in [0.3, 0.4) is 0 Å². The van der Waals surface area contributed by atoms with Gasteiger partial charge in [0.15, 0.2) is 0 Å². The van der Waals surface area contributed by atoms with Gasteiger partial charge in [-0.2, -0.15) is 0 Å². The third-order valence-corrected chi connectivity index (χ3v) is 3.75. The van der Waals surface area contributed by atoms with E-state index in [2.05, 4.69) is 0 Å². The molecule has 0 heterocycles. The van der Waals surface area contributed by atoms with Gasteiger partial charge in [-0.05, 0) is 24.1 Å². The first kappa shape index (κ1) is 16.5. The van der Waals surface area contributed by atoms with Gasteiger partial charge in [0.25, 0.3) is 12.3 Å². The lowest BCUT2D eigenvalue weighted by molar-refractivity contribution is 0.0620. The number of halogens is 2. The average Bonchev–Trinajstić information content (AvgIpc) is 2.35. The van der Waals surface area contributed by atoms with Crippen molar-refractivity contribution < 1.29 is 22.0 Å². The van der Waals surface area contributed by atoms with Crippen LogP contribution in [0, 0.1) is 0 Å². The number of carbonyl (C=O) groups is 1. The van der Waals surface area contributed by atoms with Crippen molar-refractivity contribution in [2.45, 2.75) is 24.7 Å². The van der Waals surface area contributed by atoms with E-state index >= 15 is 0 Å². The largest absolute Gasteiger partial charge is 0.336 e. The van der Waals surface area contributed by atoms with Crippen molar-refractivity contribution in [1.82, 2.24) is 4.90 Å². The van der Waals surface area contributed by atoms with E-state index in [0.29, 0.717) is 12.0 Å². The second-order valence-corrected chi connectivity index (χ2v) is 5.83. The molecule has 0 fully saturated rings. The first-order valence-electron chi connectivity index (χ1n) is 5.86. The van der Waals surface area contributed by atoms with Crippen LogP contribution in [0.5, 0.6) is 0 Å². The van der Waals surface area contributed by atoms with Crippen LogP contribution >= 0.6 is 0 Å². The average molecular weight is 306 g/mol. The van der Waals surface area contributed by atoms with Crippen molar-refractivity contribution in [3.63, 3.8) is 0 Å². The molecular weight excluding hydrogens is 290 g/mol. The second-order valence-electron chi connectivity index (χ2n) is 4.30. The number of nitrogens with two attached hydrogens (primary N) is 1. The molecule has 0 saturated carbocycles. The molecule has 0 aromatic heterocycles. The maximum Gasteiger partial charge on any atom is 0.255 e. The molecule has 1 aromatic rings.